The zero-order valence-corrected chi connectivity index (χ0v) is 14.9. The van der Waals surface area contributed by atoms with Gasteiger partial charge in [0.2, 0.25) is 0 Å². The van der Waals surface area contributed by atoms with Crippen molar-refractivity contribution in [2.75, 3.05) is 13.1 Å². The Balaban J connectivity index is 1.81. The van der Waals surface area contributed by atoms with E-state index in [9.17, 15) is 15.3 Å². The van der Waals surface area contributed by atoms with E-state index in [1.807, 2.05) is 11.0 Å². The van der Waals surface area contributed by atoms with Crippen LogP contribution in [-0.2, 0) is 5.72 Å². The number of hydrogen-bond acceptors (Lipinski definition) is 4. The highest BCUT2D eigenvalue weighted by molar-refractivity contribution is 5.38. The lowest BCUT2D eigenvalue weighted by atomic mass is 9.86. The van der Waals surface area contributed by atoms with Crippen LogP contribution in [-0.4, -0.2) is 39.4 Å². The Morgan fingerprint density at radius 2 is 1.72 bits per heavy atom. The number of rotatable bonds is 4. The van der Waals surface area contributed by atoms with Crippen LogP contribution in [0.15, 0.2) is 48.5 Å². The average Bonchev–Trinajstić information content (AvgIpc) is 2.64. The number of aromatic hydroxyl groups is 1. The Bertz CT molecular complexity index is 708. The standard InChI is InChI=1S/C21H27NO3/c1-15-14-19(8-9-20(15)24)21(25,16(2)23)22-12-10-18(11-13-22)17-6-4-3-5-7-17/h3-9,14,16,18,23-25H,10-13H2,1-2H3/t16-,21+/m0/s1. The van der Waals surface area contributed by atoms with Crippen molar-refractivity contribution in [3.8, 4) is 5.75 Å². The first-order valence-electron chi connectivity index (χ1n) is 8.93. The van der Waals surface area contributed by atoms with Crippen LogP contribution in [0.2, 0.25) is 0 Å². The zero-order valence-electron chi connectivity index (χ0n) is 14.9. The monoisotopic (exact) mass is 341 g/mol. The number of aliphatic hydroxyl groups excluding tert-OH is 1. The zero-order chi connectivity index (χ0) is 18.0. The van der Waals surface area contributed by atoms with Crippen LogP contribution in [0.25, 0.3) is 0 Å². The fraction of sp³-hybridized carbons (Fsp3) is 0.429. The smallest absolute Gasteiger partial charge is 0.170 e. The highest BCUT2D eigenvalue weighted by Gasteiger charge is 2.42. The van der Waals surface area contributed by atoms with Crippen LogP contribution >= 0.6 is 0 Å². The Hall–Kier alpha value is -1.88. The molecule has 0 bridgehead atoms. The number of piperidine rings is 1. The molecule has 1 aliphatic rings. The molecular formula is C21H27NO3. The van der Waals surface area contributed by atoms with Crippen LogP contribution in [0.1, 0.15) is 42.4 Å². The molecule has 25 heavy (non-hydrogen) atoms. The lowest BCUT2D eigenvalue weighted by Gasteiger charge is -2.45. The second-order valence-corrected chi connectivity index (χ2v) is 7.08. The van der Waals surface area contributed by atoms with E-state index < -0.39 is 11.8 Å². The number of benzene rings is 2. The predicted octanol–water partition coefficient (Wildman–Crippen LogP) is 3.11. The number of phenolic OH excluding ortho intramolecular Hbond substituents is 1. The van der Waals surface area contributed by atoms with Crippen molar-refractivity contribution < 1.29 is 15.3 Å². The maximum absolute atomic E-state index is 11.4. The van der Waals surface area contributed by atoms with Crippen LogP contribution in [0, 0.1) is 6.92 Å². The fourth-order valence-corrected chi connectivity index (χ4v) is 3.85. The Morgan fingerprint density at radius 3 is 2.28 bits per heavy atom. The minimum Gasteiger partial charge on any atom is -0.508 e. The van der Waals surface area contributed by atoms with Gasteiger partial charge >= 0.3 is 0 Å². The summed E-state index contributed by atoms with van der Waals surface area (Å²) in [6.07, 6.45) is 0.941. The third-order valence-electron chi connectivity index (χ3n) is 5.45. The predicted molar refractivity (Wildman–Crippen MR) is 98.4 cm³/mol. The second kappa shape index (κ2) is 7.16. The summed E-state index contributed by atoms with van der Waals surface area (Å²) < 4.78 is 0. The van der Waals surface area contributed by atoms with Gasteiger partial charge in [0.25, 0.3) is 0 Å². The van der Waals surface area contributed by atoms with E-state index in [2.05, 4.69) is 24.3 Å². The molecule has 2 aromatic rings. The van der Waals surface area contributed by atoms with E-state index in [-0.39, 0.29) is 5.75 Å². The Morgan fingerprint density at radius 1 is 1.08 bits per heavy atom. The molecule has 0 radical (unpaired) electrons. The summed E-state index contributed by atoms with van der Waals surface area (Å²) in [5.74, 6) is 0.678. The number of phenols is 1. The maximum atomic E-state index is 11.4. The molecule has 1 saturated heterocycles. The molecule has 1 aliphatic heterocycles. The first-order chi connectivity index (χ1) is 11.9. The van der Waals surface area contributed by atoms with Gasteiger partial charge in [0.05, 0.1) is 6.10 Å². The molecule has 1 fully saturated rings. The Labute approximate surface area is 149 Å². The van der Waals surface area contributed by atoms with Gasteiger partial charge in [-0.05, 0) is 55.9 Å². The number of hydrogen-bond donors (Lipinski definition) is 3. The van der Waals surface area contributed by atoms with Crippen molar-refractivity contribution in [2.24, 2.45) is 0 Å². The topological polar surface area (TPSA) is 63.9 Å². The SMILES string of the molecule is Cc1cc([C@](O)([C@H](C)O)N2CCC(c3ccccc3)CC2)ccc1O. The van der Waals surface area contributed by atoms with Crippen molar-refractivity contribution in [3.63, 3.8) is 0 Å². The summed E-state index contributed by atoms with van der Waals surface area (Å²) in [5.41, 5.74) is 1.20. The molecule has 3 N–H and O–H groups in total. The average molecular weight is 341 g/mol. The minimum atomic E-state index is -1.44. The highest BCUT2D eigenvalue weighted by atomic mass is 16.4. The number of likely N-dealkylation sites (tertiary alicyclic amines) is 1. The van der Waals surface area contributed by atoms with E-state index in [0.29, 0.717) is 30.1 Å². The molecule has 0 spiro atoms. The van der Waals surface area contributed by atoms with Gasteiger partial charge in [-0.2, -0.15) is 0 Å². The summed E-state index contributed by atoms with van der Waals surface area (Å²) in [5, 5.41) is 31.5. The van der Waals surface area contributed by atoms with E-state index >= 15 is 0 Å². The van der Waals surface area contributed by atoms with Crippen molar-refractivity contribution >= 4 is 0 Å². The van der Waals surface area contributed by atoms with Crippen LogP contribution in [0.3, 0.4) is 0 Å². The summed E-state index contributed by atoms with van der Waals surface area (Å²) in [7, 11) is 0. The second-order valence-electron chi connectivity index (χ2n) is 7.08. The number of aryl methyl sites for hydroxylation is 1. The maximum Gasteiger partial charge on any atom is 0.170 e. The minimum absolute atomic E-state index is 0.194. The van der Waals surface area contributed by atoms with E-state index in [1.165, 1.54) is 5.56 Å². The highest BCUT2D eigenvalue weighted by Crippen LogP contribution is 2.37. The molecule has 4 heteroatoms. The summed E-state index contributed by atoms with van der Waals surface area (Å²) in [4.78, 5) is 1.96. The van der Waals surface area contributed by atoms with Gasteiger partial charge in [-0.25, -0.2) is 0 Å². The van der Waals surface area contributed by atoms with Crippen molar-refractivity contribution in [3.05, 3.63) is 65.2 Å². The van der Waals surface area contributed by atoms with E-state index in [0.717, 1.165) is 12.8 Å². The molecule has 3 rings (SSSR count). The summed E-state index contributed by atoms with van der Waals surface area (Å²) in [6, 6.07) is 15.5. The molecule has 0 amide bonds. The van der Waals surface area contributed by atoms with E-state index in [1.54, 1.807) is 32.0 Å². The molecule has 2 aromatic carbocycles. The summed E-state index contributed by atoms with van der Waals surface area (Å²) >= 11 is 0. The molecule has 134 valence electrons. The third-order valence-corrected chi connectivity index (χ3v) is 5.45. The largest absolute Gasteiger partial charge is 0.508 e. The van der Waals surface area contributed by atoms with Crippen molar-refractivity contribution in [1.29, 1.82) is 0 Å². The lowest BCUT2D eigenvalue weighted by molar-refractivity contribution is -0.188. The molecule has 0 unspecified atom stereocenters. The third kappa shape index (κ3) is 3.43. The normalized spacial score (nSPS) is 20.2. The van der Waals surface area contributed by atoms with Crippen LogP contribution in [0.5, 0.6) is 5.75 Å². The van der Waals surface area contributed by atoms with Crippen molar-refractivity contribution in [1.82, 2.24) is 4.90 Å². The first kappa shape index (κ1) is 17.9. The van der Waals surface area contributed by atoms with E-state index in [4.69, 9.17) is 0 Å². The van der Waals surface area contributed by atoms with Gasteiger partial charge in [-0.15, -0.1) is 0 Å². The van der Waals surface area contributed by atoms with Crippen LogP contribution < -0.4 is 0 Å². The van der Waals surface area contributed by atoms with Gasteiger partial charge in [0.15, 0.2) is 5.72 Å². The Kier molecular flexibility index (Phi) is 5.13. The first-order valence-corrected chi connectivity index (χ1v) is 8.93. The molecule has 1 heterocycles. The summed E-state index contributed by atoms with van der Waals surface area (Å²) in [6.45, 7) is 4.83. The van der Waals surface area contributed by atoms with Gasteiger partial charge in [0.1, 0.15) is 5.75 Å². The van der Waals surface area contributed by atoms with Gasteiger partial charge in [-0.1, -0.05) is 36.4 Å². The van der Waals surface area contributed by atoms with Gasteiger partial charge < -0.3 is 15.3 Å². The molecule has 0 aromatic heterocycles. The van der Waals surface area contributed by atoms with Gasteiger partial charge in [-0.3, -0.25) is 4.90 Å². The quantitative estimate of drug-likeness (QED) is 0.800. The molecule has 0 aliphatic carbocycles. The molecular weight excluding hydrogens is 314 g/mol. The molecule has 0 saturated carbocycles. The van der Waals surface area contributed by atoms with Gasteiger partial charge in [0, 0.05) is 18.7 Å². The lowest BCUT2D eigenvalue weighted by Crippen LogP contribution is -2.55. The van der Waals surface area contributed by atoms with Crippen molar-refractivity contribution in [2.45, 2.75) is 44.4 Å². The number of nitrogens with zero attached hydrogens (tertiary/aromatic N) is 1. The van der Waals surface area contributed by atoms with Crippen LogP contribution in [0.4, 0.5) is 0 Å². The molecule has 4 nitrogen and oxygen atoms in total. The molecule has 2 atom stereocenters. The number of aliphatic hydroxyl groups is 2. The fourth-order valence-electron chi connectivity index (χ4n) is 3.85.